The van der Waals surface area contributed by atoms with Crippen molar-refractivity contribution in [3.05, 3.63) is 0 Å². The zero-order chi connectivity index (χ0) is 10.1. The van der Waals surface area contributed by atoms with Gasteiger partial charge in [-0.25, -0.2) is 0 Å². The summed E-state index contributed by atoms with van der Waals surface area (Å²) < 4.78 is 4.56. The van der Waals surface area contributed by atoms with Gasteiger partial charge >= 0.3 is 5.97 Å². The van der Waals surface area contributed by atoms with Gasteiger partial charge in [-0.15, -0.1) is 0 Å². The zero-order valence-electron chi connectivity index (χ0n) is 8.31. The number of nitrogens with one attached hydrogen (secondary N) is 1. The van der Waals surface area contributed by atoms with E-state index in [1.807, 2.05) is 0 Å². The third-order valence-corrected chi connectivity index (χ3v) is 2.44. The van der Waals surface area contributed by atoms with Crippen LogP contribution in [0.4, 0.5) is 0 Å². The van der Waals surface area contributed by atoms with Gasteiger partial charge in [-0.3, -0.25) is 4.79 Å². The minimum absolute atomic E-state index is 0.219. The first-order valence-corrected chi connectivity index (χ1v) is 5.56. The van der Waals surface area contributed by atoms with Gasteiger partial charge in [0.15, 0.2) is 0 Å². The maximum atomic E-state index is 10.9. The van der Waals surface area contributed by atoms with E-state index in [2.05, 4.69) is 32.9 Å². The Hall–Kier alpha value is -0.0900. The number of methoxy groups -OCH3 is 1. The standard InChI is InChI=1S/C9H18BrNO2/c1-3-4-5-6-11-7-8(10)9(12)13-2/h8,11H,3-7H2,1-2H3. The molecule has 0 heterocycles. The number of carbonyl (C=O) groups excluding carboxylic acids is 1. The van der Waals surface area contributed by atoms with Gasteiger partial charge in [0.05, 0.1) is 7.11 Å². The quantitative estimate of drug-likeness (QED) is 0.426. The SMILES string of the molecule is CCCCCNCC(Br)C(=O)OC. The Morgan fingerprint density at radius 2 is 2.23 bits per heavy atom. The topological polar surface area (TPSA) is 38.3 Å². The first kappa shape index (κ1) is 12.9. The van der Waals surface area contributed by atoms with Gasteiger partial charge in [-0.2, -0.15) is 0 Å². The lowest BCUT2D eigenvalue weighted by Gasteiger charge is -2.08. The first-order chi connectivity index (χ1) is 6.22. The minimum atomic E-state index is -0.223. The van der Waals surface area contributed by atoms with Gasteiger partial charge in [-0.1, -0.05) is 35.7 Å². The van der Waals surface area contributed by atoms with Gasteiger partial charge in [0, 0.05) is 6.54 Å². The number of unbranched alkanes of at least 4 members (excludes halogenated alkanes) is 2. The normalized spacial score (nSPS) is 12.5. The first-order valence-electron chi connectivity index (χ1n) is 4.65. The molecular weight excluding hydrogens is 234 g/mol. The molecule has 0 saturated heterocycles. The maximum Gasteiger partial charge on any atom is 0.320 e. The molecule has 0 rings (SSSR count). The van der Waals surface area contributed by atoms with E-state index in [9.17, 15) is 4.79 Å². The molecule has 0 radical (unpaired) electrons. The van der Waals surface area contributed by atoms with Crippen LogP contribution < -0.4 is 5.32 Å². The number of esters is 1. The van der Waals surface area contributed by atoms with Crippen LogP contribution in [0.1, 0.15) is 26.2 Å². The highest BCUT2D eigenvalue weighted by atomic mass is 79.9. The number of ether oxygens (including phenoxy) is 1. The molecule has 0 spiro atoms. The van der Waals surface area contributed by atoms with E-state index in [1.165, 1.54) is 20.0 Å². The van der Waals surface area contributed by atoms with E-state index in [0.29, 0.717) is 6.54 Å². The molecule has 1 N–H and O–H groups in total. The van der Waals surface area contributed by atoms with Gasteiger partial charge in [0.2, 0.25) is 0 Å². The number of halogens is 1. The Kier molecular flexibility index (Phi) is 8.45. The van der Waals surface area contributed by atoms with Crippen molar-refractivity contribution in [2.24, 2.45) is 0 Å². The Balaban J connectivity index is 3.26. The number of hydrogen-bond acceptors (Lipinski definition) is 3. The van der Waals surface area contributed by atoms with Crippen LogP contribution in [-0.2, 0) is 9.53 Å². The van der Waals surface area contributed by atoms with E-state index in [-0.39, 0.29) is 10.8 Å². The molecule has 1 atom stereocenters. The number of rotatable bonds is 7. The molecule has 13 heavy (non-hydrogen) atoms. The molecule has 0 aliphatic carbocycles. The fourth-order valence-electron chi connectivity index (χ4n) is 0.940. The smallest absolute Gasteiger partial charge is 0.320 e. The molecule has 78 valence electrons. The minimum Gasteiger partial charge on any atom is -0.468 e. The van der Waals surface area contributed by atoms with Crippen LogP contribution in [0.5, 0.6) is 0 Å². The van der Waals surface area contributed by atoms with Crippen molar-refractivity contribution in [1.29, 1.82) is 0 Å². The molecule has 1 unspecified atom stereocenters. The van der Waals surface area contributed by atoms with Crippen molar-refractivity contribution in [2.45, 2.75) is 31.0 Å². The summed E-state index contributed by atoms with van der Waals surface area (Å²) in [7, 11) is 1.40. The molecule has 0 bridgehead atoms. The van der Waals surface area contributed by atoms with Gasteiger partial charge in [-0.05, 0) is 13.0 Å². The molecule has 3 nitrogen and oxygen atoms in total. The molecule has 0 fully saturated rings. The van der Waals surface area contributed by atoms with Crippen LogP contribution in [0.25, 0.3) is 0 Å². The van der Waals surface area contributed by atoms with E-state index in [1.54, 1.807) is 0 Å². The molecule has 0 amide bonds. The summed E-state index contributed by atoms with van der Waals surface area (Å²) in [6.07, 6.45) is 3.62. The van der Waals surface area contributed by atoms with Crippen molar-refractivity contribution >= 4 is 21.9 Å². The van der Waals surface area contributed by atoms with Crippen LogP contribution in [-0.4, -0.2) is 31.0 Å². The lowest BCUT2D eigenvalue weighted by molar-refractivity contribution is -0.139. The van der Waals surface area contributed by atoms with Crippen LogP contribution in [0, 0.1) is 0 Å². The lowest BCUT2D eigenvalue weighted by Crippen LogP contribution is -2.30. The third kappa shape index (κ3) is 7.02. The van der Waals surface area contributed by atoms with Crippen molar-refractivity contribution in [1.82, 2.24) is 5.32 Å². The Labute approximate surface area is 88.4 Å². The van der Waals surface area contributed by atoms with Crippen LogP contribution in [0.3, 0.4) is 0 Å². The lowest BCUT2D eigenvalue weighted by atomic mass is 10.2. The summed E-state index contributed by atoms with van der Waals surface area (Å²) in [5.41, 5.74) is 0. The van der Waals surface area contributed by atoms with Crippen LogP contribution in [0.15, 0.2) is 0 Å². The second-order valence-electron chi connectivity index (χ2n) is 2.90. The van der Waals surface area contributed by atoms with E-state index in [4.69, 9.17) is 0 Å². The van der Waals surface area contributed by atoms with Gasteiger partial charge in [0.25, 0.3) is 0 Å². The summed E-state index contributed by atoms with van der Waals surface area (Å²) in [4.78, 5) is 10.7. The Morgan fingerprint density at radius 3 is 2.77 bits per heavy atom. The summed E-state index contributed by atoms with van der Waals surface area (Å²) >= 11 is 3.24. The predicted molar refractivity (Wildman–Crippen MR) is 57.1 cm³/mol. The Bertz CT molecular complexity index is 142. The monoisotopic (exact) mass is 251 g/mol. The van der Waals surface area contributed by atoms with E-state index >= 15 is 0 Å². The second-order valence-corrected chi connectivity index (χ2v) is 4.01. The highest BCUT2D eigenvalue weighted by molar-refractivity contribution is 9.10. The number of carbonyl (C=O) groups is 1. The zero-order valence-corrected chi connectivity index (χ0v) is 9.89. The number of alkyl halides is 1. The highest BCUT2D eigenvalue weighted by Gasteiger charge is 2.13. The average Bonchev–Trinajstić information content (AvgIpc) is 2.16. The van der Waals surface area contributed by atoms with Gasteiger partial charge in [0.1, 0.15) is 4.83 Å². The second kappa shape index (κ2) is 8.51. The molecule has 0 aromatic carbocycles. The molecule has 0 aliphatic rings. The summed E-state index contributed by atoms with van der Waals surface area (Å²) in [5, 5.41) is 3.19. The molecule has 0 saturated carbocycles. The van der Waals surface area contributed by atoms with Gasteiger partial charge < -0.3 is 10.1 Å². The fraction of sp³-hybridized carbons (Fsp3) is 0.889. The highest BCUT2D eigenvalue weighted by Crippen LogP contribution is 2.00. The largest absolute Gasteiger partial charge is 0.468 e. The molecular formula is C9H18BrNO2. The van der Waals surface area contributed by atoms with Crippen molar-refractivity contribution in [3.63, 3.8) is 0 Å². The number of hydrogen-bond donors (Lipinski definition) is 1. The van der Waals surface area contributed by atoms with E-state index < -0.39 is 0 Å². The maximum absolute atomic E-state index is 10.9. The Morgan fingerprint density at radius 1 is 1.54 bits per heavy atom. The summed E-state index contributed by atoms with van der Waals surface area (Å²) in [6, 6.07) is 0. The summed E-state index contributed by atoms with van der Waals surface area (Å²) in [5.74, 6) is -0.219. The van der Waals surface area contributed by atoms with Crippen molar-refractivity contribution < 1.29 is 9.53 Å². The molecule has 0 aromatic rings. The van der Waals surface area contributed by atoms with Crippen molar-refractivity contribution in [3.8, 4) is 0 Å². The molecule has 4 heteroatoms. The third-order valence-electron chi connectivity index (χ3n) is 1.74. The van der Waals surface area contributed by atoms with Crippen molar-refractivity contribution in [2.75, 3.05) is 20.2 Å². The van der Waals surface area contributed by atoms with Crippen LogP contribution >= 0.6 is 15.9 Å². The summed E-state index contributed by atoms with van der Waals surface area (Å²) in [6.45, 7) is 3.77. The molecule has 0 aliphatic heterocycles. The van der Waals surface area contributed by atoms with E-state index in [0.717, 1.165) is 13.0 Å². The molecule has 0 aromatic heterocycles. The fourth-order valence-corrected chi connectivity index (χ4v) is 1.36. The van der Waals surface area contributed by atoms with Crippen LogP contribution in [0.2, 0.25) is 0 Å². The predicted octanol–water partition coefficient (Wildman–Crippen LogP) is 1.70. The average molecular weight is 252 g/mol.